The molecule has 0 unspecified atom stereocenters. The first-order valence-electron chi connectivity index (χ1n) is 18.8. The van der Waals surface area contributed by atoms with Crippen molar-refractivity contribution in [3.63, 3.8) is 0 Å². The van der Waals surface area contributed by atoms with E-state index in [-0.39, 0.29) is 22.4 Å². The van der Waals surface area contributed by atoms with E-state index in [1.807, 2.05) is 12.1 Å². The predicted molar refractivity (Wildman–Crippen MR) is 229 cm³/mol. The first-order chi connectivity index (χ1) is 26.5. The number of hydrogen-bond acceptors (Lipinski definition) is 3. The minimum atomic E-state index is 0. The number of nitrogens with zero attached hydrogens (tertiary/aromatic N) is 4. The van der Waals surface area contributed by atoms with Gasteiger partial charge in [0.15, 0.2) is 0 Å². The minimum absolute atomic E-state index is 0. The molecule has 0 saturated carbocycles. The normalized spacial score (nSPS) is 12.5. The van der Waals surface area contributed by atoms with Gasteiger partial charge in [0.2, 0.25) is 0 Å². The molecule has 8 aromatic rings. The van der Waals surface area contributed by atoms with E-state index in [9.17, 15) is 0 Å². The van der Waals surface area contributed by atoms with E-state index in [1.165, 1.54) is 38.7 Å². The van der Waals surface area contributed by atoms with Crippen molar-refractivity contribution in [1.82, 2.24) is 4.98 Å². The zero-order chi connectivity index (χ0) is 37.0. The number of hydrazone groups is 1. The fourth-order valence-electron chi connectivity index (χ4n) is 7.40. The van der Waals surface area contributed by atoms with Crippen molar-refractivity contribution in [3.05, 3.63) is 199 Å². The van der Waals surface area contributed by atoms with Crippen molar-refractivity contribution in [2.45, 2.75) is 39.5 Å². The van der Waals surface area contributed by atoms with Gasteiger partial charge in [-0.3, -0.25) is 0 Å². The Balaban J connectivity index is 0.000000278. The van der Waals surface area contributed by atoms with Gasteiger partial charge in [0.1, 0.15) is 5.84 Å². The van der Waals surface area contributed by atoms with Crippen molar-refractivity contribution in [2.75, 3.05) is 9.91 Å². The number of rotatable bonds is 7. The summed E-state index contributed by atoms with van der Waals surface area (Å²) in [7, 11) is 0. The molecule has 1 aliphatic heterocycles. The monoisotopic (exact) mass is 897 g/mol. The second-order valence-corrected chi connectivity index (χ2v) is 14.3. The smallest absolute Gasteiger partial charge is 0.129 e. The second-order valence-electron chi connectivity index (χ2n) is 14.3. The van der Waals surface area contributed by atoms with Gasteiger partial charge in [-0.25, -0.2) is 0 Å². The van der Waals surface area contributed by atoms with E-state index < -0.39 is 0 Å². The van der Waals surface area contributed by atoms with Crippen molar-refractivity contribution in [2.24, 2.45) is 5.10 Å². The molecule has 0 fully saturated rings. The molecule has 1 aromatic heterocycles. The van der Waals surface area contributed by atoms with Gasteiger partial charge in [-0.15, -0.1) is 17.7 Å². The molecule has 0 saturated heterocycles. The fourth-order valence-corrected chi connectivity index (χ4v) is 7.40. The minimum Gasteiger partial charge on any atom is -0.657 e. The van der Waals surface area contributed by atoms with Crippen LogP contribution >= 0.6 is 0 Å². The van der Waals surface area contributed by atoms with Crippen LogP contribution < -0.4 is 14.9 Å². The summed E-state index contributed by atoms with van der Waals surface area (Å²) >= 11 is 0. The Morgan fingerprint density at radius 1 is 0.455 bits per heavy atom. The molecule has 0 amide bonds. The fraction of sp³-hybridized carbons (Fsp3) is 0.120. The molecule has 2 heterocycles. The standard InChI is InChI=1S/C38H36N3.C12H8N.Au/c1-27(2)32-22-14-23-33(28(3)4)37(32)41-26-40(38(39-41)31-20-12-7-13-21-31)36-34(29-16-8-5-9-17-29)24-15-25-35(36)30-18-10-6-11-19-30;1-3-7-11-9(5-1)10-6-2-4-8-12(10)13-11;/h5-28H,1-4H3;1-8H;/q2*-1;. The van der Waals surface area contributed by atoms with Crippen molar-refractivity contribution in [1.29, 1.82) is 0 Å². The van der Waals surface area contributed by atoms with Crippen LogP contribution in [0.25, 0.3) is 44.1 Å². The Kier molecular flexibility index (Phi) is 11.5. The molecule has 0 N–H and O–H groups in total. The van der Waals surface area contributed by atoms with Crippen LogP contribution in [-0.4, -0.2) is 5.84 Å². The van der Waals surface area contributed by atoms with Crippen LogP contribution in [0.4, 0.5) is 11.4 Å². The molecule has 0 aliphatic carbocycles. The van der Waals surface area contributed by atoms with E-state index in [0.717, 1.165) is 39.2 Å². The van der Waals surface area contributed by atoms with Gasteiger partial charge in [0, 0.05) is 50.4 Å². The summed E-state index contributed by atoms with van der Waals surface area (Å²) in [6.07, 6.45) is 0. The summed E-state index contributed by atoms with van der Waals surface area (Å²) in [5.74, 6) is 1.62. The molecule has 0 spiro atoms. The Morgan fingerprint density at radius 3 is 1.35 bits per heavy atom. The Morgan fingerprint density at radius 2 is 0.873 bits per heavy atom. The topological polar surface area (TPSA) is 32.9 Å². The number of hydrogen-bond donors (Lipinski definition) is 0. The van der Waals surface area contributed by atoms with Gasteiger partial charge >= 0.3 is 0 Å². The molecule has 9 rings (SSSR count). The third-order valence-corrected chi connectivity index (χ3v) is 10.0. The van der Waals surface area contributed by atoms with Crippen LogP contribution in [0.2, 0.25) is 0 Å². The number of fused-ring (bicyclic) bond motifs is 3. The van der Waals surface area contributed by atoms with Crippen LogP contribution in [0.15, 0.2) is 181 Å². The number of anilines is 2. The molecule has 277 valence electrons. The number of amidine groups is 1. The molecule has 1 aliphatic rings. The average Bonchev–Trinajstić information content (AvgIpc) is 3.84. The number of para-hydroxylation sites is 4. The molecular weight excluding hydrogens is 854 g/mol. The van der Waals surface area contributed by atoms with E-state index in [4.69, 9.17) is 5.10 Å². The van der Waals surface area contributed by atoms with Crippen molar-refractivity contribution < 1.29 is 22.4 Å². The molecule has 7 aromatic carbocycles. The summed E-state index contributed by atoms with van der Waals surface area (Å²) in [5.41, 5.74) is 12.8. The SMILES string of the molecule is CC(C)c1cccc(C(C)C)c1N1[CH-]N(c2c(-c3ccccc3)cccc2-c2ccccc2)C(c2ccccc2)=N1.[Au].c1ccc2c(c1)[n-]c1ccccc12. The number of benzene rings is 7. The molecular formula is C50H44AuN4-2. The molecule has 4 nitrogen and oxygen atoms in total. The maximum atomic E-state index is 5.36. The van der Waals surface area contributed by atoms with Crippen LogP contribution in [0.1, 0.15) is 56.2 Å². The first kappa shape index (κ1) is 37.7. The Labute approximate surface area is 340 Å². The quantitative estimate of drug-likeness (QED) is 0.118. The van der Waals surface area contributed by atoms with E-state index in [2.05, 4.69) is 213 Å². The van der Waals surface area contributed by atoms with Gasteiger partial charge in [-0.1, -0.05) is 204 Å². The largest absolute Gasteiger partial charge is 0.657 e. The van der Waals surface area contributed by atoms with E-state index in [1.54, 1.807) is 0 Å². The molecule has 0 atom stereocenters. The van der Waals surface area contributed by atoms with Gasteiger partial charge in [-0.2, -0.15) is 5.10 Å². The first-order valence-corrected chi connectivity index (χ1v) is 18.8. The van der Waals surface area contributed by atoms with E-state index in [0.29, 0.717) is 11.8 Å². The summed E-state index contributed by atoms with van der Waals surface area (Å²) in [6, 6.07) is 61.6. The van der Waals surface area contributed by atoms with Crippen molar-refractivity contribution >= 4 is 39.0 Å². The Hall–Kier alpha value is -5.65. The van der Waals surface area contributed by atoms with Crippen LogP contribution in [0.3, 0.4) is 0 Å². The van der Waals surface area contributed by atoms with Crippen LogP contribution in [-0.2, 0) is 22.4 Å². The third-order valence-electron chi connectivity index (χ3n) is 10.0. The number of aromatic nitrogens is 1. The van der Waals surface area contributed by atoms with Gasteiger partial charge in [0.05, 0.1) is 0 Å². The maximum Gasteiger partial charge on any atom is 0.129 e. The molecule has 0 bridgehead atoms. The summed E-state index contributed by atoms with van der Waals surface area (Å²) in [6.45, 7) is 11.2. The molecule has 5 heteroatoms. The van der Waals surface area contributed by atoms with E-state index >= 15 is 0 Å². The van der Waals surface area contributed by atoms with Gasteiger partial charge in [-0.05, 0) is 44.9 Å². The van der Waals surface area contributed by atoms with Crippen molar-refractivity contribution in [3.8, 4) is 22.3 Å². The third kappa shape index (κ3) is 7.67. The zero-order valence-corrected chi connectivity index (χ0v) is 33.7. The molecule has 55 heavy (non-hydrogen) atoms. The van der Waals surface area contributed by atoms with Crippen LogP contribution in [0, 0.1) is 6.67 Å². The predicted octanol–water partition coefficient (Wildman–Crippen LogP) is 13.0. The van der Waals surface area contributed by atoms with Gasteiger partial charge < -0.3 is 14.9 Å². The Bertz CT molecular complexity index is 2400. The molecule has 1 radical (unpaired) electrons. The second kappa shape index (κ2) is 16.8. The maximum absolute atomic E-state index is 5.36. The van der Waals surface area contributed by atoms with Gasteiger partial charge in [0.25, 0.3) is 0 Å². The average molecular weight is 898 g/mol. The van der Waals surface area contributed by atoms with Crippen LogP contribution in [0.5, 0.6) is 0 Å². The summed E-state index contributed by atoms with van der Waals surface area (Å²) in [4.78, 5) is 6.81. The summed E-state index contributed by atoms with van der Waals surface area (Å²) in [5, 5.41) is 9.97. The zero-order valence-electron chi connectivity index (χ0n) is 31.6. The summed E-state index contributed by atoms with van der Waals surface area (Å²) < 4.78 is 0.